The summed E-state index contributed by atoms with van der Waals surface area (Å²) in [5, 5.41) is 6.45. The summed E-state index contributed by atoms with van der Waals surface area (Å²) in [7, 11) is 1.61. The number of halogens is 1. The minimum Gasteiger partial charge on any atom is -0.493 e. The van der Waals surface area contributed by atoms with Gasteiger partial charge in [0.05, 0.1) is 20.3 Å². The van der Waals surface area contributed by atoms with Crippen molar-refractivity contribution in [3.63, 3.8) is 0 Å². The average molecular weight is 498 g/mol. The van der Waals surface area contributed by atoms with E-state index in [-0.39, 0.29) is 24.0 Å². The van der Waals surface area contributed by atoms with Crippen LogP contribution in [0.15, 0.2) is 47.5 Å². The summed E-state index contributed by atoms with van der Waals surface area (Å²) in [6, 6.07) is 12.7. The smallest absolute Gasteiger partial charge is 0.248 e. The molecule has 2 rings (SSSR count). The van der Waals surface area contributed by atoms with Gasteiger partial charge in [0.15, 0.2) is 17.5 Å². The molecule has 0 radical (unpaired) electrons. The summed E-state index contributed by atoms with van der Waals surface area (Å²) >= 11 is 0. The maximum Gasteiger partial charge on any atom is 0.248 e. The third-order valence-corrected chi connectivity index (χ3v) is 3.73. The van der Waals surface area contributed by atoms with E-state index in [1.165, 1.54) is 0 Å². The van der Waals surface area contributed by atoms with Crippen molar-refractivity contribution in [3.8, 4) is 11.5 Å². The van der Waals surface area contributed by atoms with Crippen molar-refractivity contribution in [1.82, 2.24) is 5.32 Å². The lowest BCUT2D eigenvalue weighted by molar-refractivity contribution is 0.100. The number of carbonyl (C=O) groups is 1. The first-order valence-corrected chi connectivity index (χ1v) is 8.82. The fraction of sp³-hybridized carbons (Fsp3) is 0.300. The number of nitrogens with two attached hydrogens (primary N) is 1. The maximum atomic E-state index is 11.1. The fourth-order valence-corrected chi connectivity index (χ4v) is 2.41. The minimum absolute atomic E-state index is 0. The fourth-order valence-electron chi connectivity index (χ4n) is 2.41. The number of amides is 1. The number of nitrogens with zero attached hydrogens (tertiary/aromatic N) is 1. The van der Waals surface area contributed by atoms with Crippen molar-refractivity contribution in [2.75, 3.05) is 25.6 Å². The number of guanidine groups is 1. The van der Waals surface area contributed by atoms with Crippen LogP contribution in [0.4, 0.5) is 5.69 Å². The van der Waals surface area contributed by atoms with Crippen LogP contribution in [0.25, 0.3) is 0 Å². The van der Waals surface area contributed by atoms with Crippen molar-refractivity contribution in [2.45, 2.75) is 20.4 Å². The van der Waals surface area contributed by atoms with Gasteiger partial charge in [-0.05, 0) is 43.7 Å². The molecule has 0 aromatic heterocycles. The number of hydrogen-bond acceptors (Lipinski definition) is 4. The van der Waals surface area contributed by atoms with E-state index in [0.717, 1.165) is 17.8 Å². The second-order valence-corrected chi connectivity index (χ2v) is 5.68. The Bertz CT molecular complexity index is 795. The van der Waals surface area contributed by atoms with Gasteiger partial charge in [-0.25, -0.2) is 4.99 Å². The van der Waals surface area contributed by atoms with E-state index in [9.17, 15) is 4.79 Å². The monoisotopic (exact) mass is 498 g/mol. The lowest BCUT2D eigenvalue weighted by Crippen LogP contribution is -2.30. The van der Waals surface area contributed by atoms with Crippen LogP contribution in [0.5, 0.6) is 11.5 Å². The predicted molar refractivity (Wildman–Crippen MR) is 123 cm³/mol. The summed E-state index contributed by atoms with van der Waals surface area (Å²) < 4.78 is 10.9. The number of carbonyl (C=O) groups excluding carboxylic acids is 1. The zero-order valence-corrected chi connectivity index (χ0v) is 18.7. The van der Waals surface area contributed by atoms with E-state index in [4.69, 9.17) is 15.2 Å². The van der Waals surface area contributed by atoms with Crippen LogP contribution < -0.4 is 25.8 Å². The van der Waals surface area contributed by atoms with E-state index >= 15 is 0 Å². The number of benzene rings is 2. The molecule has 0 fully saturated rings. The van der Waals surface area contributed by atoms with Gasteiger partial charge in [0, 0.05) is 23.9 Å². The van der Waals surface area contributed by atoms with Gasteiger partial charge >= 0.3 is 0 Å². The summed E-state index contributed by atoms with van der Waals surface area (Å²) in [6.45, 7) is 5.68. The summed E-state index contributed by atoms with van der Waals surface area (Å²) in [4.78, 5) is 15.7. The first kappa shape index (κ1) is 23.5. The van der Waals surface area contributed by atoms with Gasteiger partial charge in [0.1, 0.15) is 0 Å². The van der Waals surface area contributed by atoms with Gasteiger partial charge in [-0.2, -0.15) is 0 Å². The molecule has 0 saturated carbocycles. The van der Waals surface area contributed by atoms with Crippen LogP contribution >= 0.6 is 24.0 Å². The molecule has 0 unspecified atom stereocenters. The van der Waals surface area contributed by atoms with Gasteiger partial charge < -0.3 is 25.8 Å². The molecule has 8 heteroatoms. The van der Waals surface area contributed by atoms with Crippen molar-refractivity contribution in [2.24, 2.45) is 10.7 Å². The quantitative estimate of drug-likeness (QED) is 0.295. The highest BCUT2D eigenvalue weighted by Crippen LogP contribution is 2.30. The molecular formula is C20H27IN4O3. The molecule has 4 N–H and O–H groups in total. The van der Waals surface area contributed by atoms with Crippen LogP contribution in [-0.2, 0) is 6.54 Å². The molecule has 7 nitrogen and oxygen atoms in total. The Morgan fingerprint density at radius 2 is 1.82 bits per heavy atom. The Kier molecular flexibility index (Phi) is 10.1. The summed E-state index contributed by atoms with van der Waals surface area (Å²) in [5.41, 5.74) is 7.55. The topological polar surface area (TPSA) is 98.0 Å². The van der Waals surface area contributed by atoms with Gasteiger partial charge in [-0.15, -0.1) is 24.0 Å². The lowest BCUT2D eigenvalue weighted by atomic mass is 10.1. The van der Waals surface area contributed by atoms with Gasteiger partial charge in [-0.3, -0.25) is 4.79 Å². The van der Waals surface area contributed by atoms with E-state index < -0.39 is 5.91 Å². The summed E-state index contributed by atoms with van der Waals surface area (Å²) in [5.74, 6) is 1.55. The van der Waals surface area contributed by atoms with Gasteiger partial charge in [0.2, 0.25) is 5.91 Å². The molecule has 152 valence electrons. The third kappa shape index (κ3) is 6.91. The normalized spacial score (nSPS) is 10.6. The lowest BCUT2D eigenvalue weighted by Gasteiger charge is -2.14. The standard InChI is InChI=1S/C20H26N4O3.HI/c1-4-22-20(23-13-14-6-8-15(9-7-14)19(21)25)24-16-10-11-17(27-5-2)18(12-16)26-3;/h6-12H,4-5,13H2,1-3H3,(H2,21,25)(H2,22,23,24);1H. The molecule has 28 heavy (non-hydrogen) atoms. The Balaban J connectivity index is 0.00000392. The van der Waals surface area contributed by atoms with Crippen molar-refractivity contribution in [1.29, 1.82) is 0 Å². The maximum absolute atomic E-state index is 11.1. The first-order chi connectivity index (χ1) is 13.1. The van der Waals surface area contributed by atoms with E-state index in [2.05, 4.69) is 15.6 Å². The molecule has 2 aromatic rings. The number of ether oxygens (including phenoxy) is 2. The van der Waals surface area contributed by atoms with Crippen LogP contribution in [0.1, 0.15) is 29.8 Å². The number of methoxy groups -OCH3 is 1. The molecular weight excluding hydrogens is 471 g/mol. The third-order valence-electron chi connectivity index (χ3n) is 3.73. The predicted octanol–water partition coefficient (Wildman–Crippen LogP) is 3.39. The van der Waals surface area contributed by atoms with Crippen molar-refractivity contribution >= 4 is 41.5 Å². The SMILES string of the molecule is CCNC(=NCc1ccc(C(N)=O)cc1)Nc1ccc(OCC)c(OC)c1.I. The van der Waals surface area contributed by atoms with Crippen LogP contribution in [0.3, 0.4) is 0 Å². The molecule has 0 aliphatic carbocycles. The van der Waals surface area contributed by atoms with Crippen LogP contribution in [-0.4, -0.2) is 32.1 Å². The van der Waals surface area contributed by atoms with Crippen molar-refractivity contribution < 1.29 is 14.3 Å². The average Bonchev–Trinajstić information content (AvgIpc) is 2.68. The van der Waals surface area contributed by atoms with Gasteiger partial charge in [-0.1, -0.05) is 12.1 Å². The number of hydrogen-bond donors (Lipinski definition) is 3. The molecule has 0 saturated heterocycles. The van der Waals surface area contributed by atoms with Gasteiger partial charge in [0.25, 0.3) is 0 Å². The molecule has 0 atom stereocenters. The number of aliphatic imine (C=N–C) groups is 1. The van der Waals surface area contributed by atoms with Crippen LogP contribution in [0, 0.1) is 0 Å². The Morgan fingerprint density at radius 1 is 1.11 bits per heavy atom. The minimum atomic E-state index is -0.440. The molecule has 0 aliphatic rings. The highest BCUT2D eigenvalue weighted by atomic mass is 127. The molecule has 0 heterocycles. The number of rotatable bonds is 8. The highest BCUT2D eigenvalue weighted by molar-refractivity contribution is 14.0. The Morgan fingerprint density at radius 3 is 2.39 bits per heavy atom. The number of anilines is 1. The van der Waals surface area contributed by atoms with Crippen molar-refractivity contribution in [3.05, 3.63) is 53.6 Å². The zero-order chi connectivity index (χ0) is 19.6. The van der Waals surface area contributed by atoms with E-state index in [0.29, 0.717) is 36.2 Å². The Hall–Kier alpha value is -2.49. The van der Waals surface area contributed by atoms with Crippen LogP contribution in [0.2, 0.25) is 0 Å². The second kappa shape index (κ2) is 12.1. The number of primary amides is 1. The highest BCUT2D eigenvalue weighted by Gasteiger charge is 2.07. The first-order valence-electron chi connectivity index (χ1n) is 8.82. The summed E-state index contributed by atoms with van der Waals surface area (Å²) in [6.07, 6.45) is 0. The molecule has 2 aromatic carbocycles. The molecule has 0 aliphatic heterocycles. The van der Waals surface area contributed by atoms with E-state index in [1.54, 1.807) is 19.2 Å². The van der Waals surface area contributed by atoms with E-state index in [1.807, 2.05) is 44.2 Å². The largest absolute Gasteiger partial charge is 0.493 e. The number of nitrogens with one attached hydrogen (secondary N) is 2. The molecule has 1 amide bonds. The zero-order valence-electron chi connectivity index (χ0n) is 16.3. The second-order valence-electron chi connectivity index (χ2n) is 5.68. The molecule has 0 bridgehead atoms. The molecule has 0 spiro atoms. The Labute approximate surface area is 182 Å².